The molecule has 1 aromatic heterocycles. The molecule has 3 heterocycles. The summed E-state index contributed by atoms with van der Waals surface area (Å²) in [7, 11) is 0. The van der Waals surface area contributed by atoms with E-state index < -0.39 is 5.54 Å². The van der Waals surface area contributed by atoms with E-state index in [0.717, 1.165) is 26.9 Å². The van der Waals surface area contributed by atoms with Gasteiger partial charge in [-0.2, -0.15) is 0 Å². The Morgan fingerprint density at radius 2 is 2.14 bits per heavy atom. The molecule has 22 heavy (non-hydrogen) atoms. The van der Waals surface area contributed by atoms with Crippen molar-refractivity contribution < 1.29 is 9.47 Å². The summed E-state index contributed by atoms with van der Waals surface area (Å²) in [4.78, 5) is 9.15. The van der Waals surface area contributed by atoms with Crippen molar-refractivity contribution in [1.82, 2.24) is 4.98 Å². The summed E-state index contributed by atoms with van der Waals surface area (Å²) >= 11 is 3.47. The molecule has 0 amide bonds. The molecule has 1 spiro atoms. The molecule has 0 radical (unpaired) electrons. The number of aliphatic imine (C=N–C) groups is 1. The van der Waals surface area contributed by atoms with E-state index in [0.29, 0.717) is 24.9 Å². The van der Waals surface area contributed by atoms with Gasteiger partial charge in [-0.3, -0.25) is 4.99 Å². The summed E-state index contributed by atoms with van der Waals surface area (Å²) in [6, 6.07) is 8.00. The molecule has 1 atom stereocenters. The van der Waals surface area contributed by atoms with Crippen molar-refractivity contribution in [3.8, 4) is 11.6 Å². The molecule has 0 saturated heterocycles. The maximum absolute atomic E-state index is 5.98. The van der Waals surface area contributed by atoms with Crippen molar-refractivity contribution in [3.05, 3.63) is 51.6 Å². The average Bonchev–Trinajstić information content (AvgIpc) is 2.49. The van der Waals surface area contributed by atoms with Crippen LogP contribution in [-0.4, -0.2) is 24.0 Å². The van der Waals surface area contributed by atoms with Crippen LogP contribution >= 0.6 is 15.9 Å². The van der Waals surface area contributed by atoms with Gasteiger partial charge in [0.05, 0.1) is 12.2 Å². The summed E-state index contributed by atoms with van der Waals surface area (Å²) in [5.74, 6) is 1.77. The van der Waals surface area contributed by atoms with Crippen LogP contribution in [0.15, 0.2) is 39.9 Å². The van der Waals surface area contributed by atoms with Crippen LogP contribution in [-0.2, 0) is 10.3 Å². The Balaban J connectivity index is 2.05. The Bertz CT molecular complexity index is 752. The molecule has 2 aliphatic rings. The lowest BCUT2D eigenvalue weighted by atomic mass is 9.81. The Labute approximate surface area is 136 Å². The van der Waals surface area contributed by atoms with Crippen LogP contribution in [0.25, 0.3) is 0 Å². The molecule has 4 rings (SSSR count). The number of benzene rings is 1. The smallest absolute Gasteiger partial charge is 0.225 e. The van der Waals surface area contributed by atoms with Gasteiger partial charge in [0.15, 0.2) is 0 Å². The van der Waals surface area contributed by atoms with Crippen molar-refractivity contribution in [1.29, 1.82) is 0 Å². The minimum absolute atomic E-state index is 0.348. The number of ether oxygens (including phenoxy) is 2. The predicted molar refractivity (Wildman–Crippen MR) is 86.4 cm³/mol. The minimum Gasteiger partial charge on any atom is -0.438 e. The fourth-order valence-electron chi connectivity index (χ4n) is 3.00. The van der Waals surface area contributed by atoms with Gasteiger partial charge in [-0.25, -0.2) is 4.98 Å². The van der Waals surface area contributed by atoms with Gasteiger partial charge in [0, 0.05) is 16.2 Å². The van der Waals surface area contributed by atoms with Crippen molar-refractivity contribution in [3.63, 3.8) is 0 Å². The molecule has 0 fully saturated rings. The largest absolute Gasteiger partial charge is 0.438 e. The molecule has 6 heteroatoms. The van der Waals surface area contributed by atoms with Gasteiger partial charge in [-0.05, 0) is 41.1 Å². The number of hydrogen-bond donors (Lipinski definition) is 1. The Morgan fingerprint density at radius 3 is 2.95 bits per heavy atom. The number of rotatable bonds is 0. The summed E-state index contributed by atoms with van der Waals surface area (Å²) in [5.41, 5.74) is 8.24. The average molecular weight is 360 g/mol. The number of aryl methyl sites for hydroxylation is 1. The summed E-state index contributed by atoms with van der Waals surface area (Å²) in [6.45, 7) is 2.80. The van der Waals surface area contributed by atoms with Crippen LogP contribution in [0.3, 0.4) is 0 Å². The summed E-state index contributed by atoms with van der Waals surface area (Å²) in [6.07, 6.45) is 1.71. The Morgan fingerprint density at radius 1 is 1.27 bits per heavy atom. The van der Waals surface area contributed by atoms with Gasteiger partial charge in [0.1, 0.15) is 23.7 Å². The molecule has 2 aliphatic heterocycles. The van der Waals surface area contributed by atoms with Crippen molar-refractivity contribution in [2.75, 3.05) is 13.2 Å². The molecule has 0 bridgehead atoms. The van der Waals surface area contributed by atoms with Crippen LogP contribution in [0.2, 0.25) is 0 Å². The quantitative estimate of drug-likeness (QED) is 0.784. The fourth-order valence-corrected chi connectivity index (χ4v) is 3.33. The maximum Gasteiger partial charge on any atom is 0.225 e. The molecule has 2 aromatic rings. The van der Waals surface area contributed by atoms with E-state index in [4.69, 9.17) is 20.2 Å². The van der Waals surface area contributed by atoms with Crippen LogP contribution in [0.5, 0.6) is 11.6 Å². The van der Waals surface area contributed by atoms with E-state index in [1.54, 1.807) is 6.20 Å². The second-order valence-corrected chi connectivity index (χ2v) is 6.48. The van der Waals surface area contributed by atoms with Crippen LogP contribution in [0.4, 0.5) is 0 Å². The zero-order valence-corrected chi connectivity index (χ0v) is 13.6. The number of fused-ring (bicyclic) bond motifs is 4. The third kappa shape index (κ3) is 1.94. The van der Waals surface area contributed by atoms with Crippen molar-refractivity contribution in [2.45, 2.75) is 12.5 Å². The first-order chi connectivity index (χ1) is 10.6. The normalized spacial score (nSPS) is 22.5. The number of halogens is 1. The van der Waals surface area contributed by atoms with Crippen molar-refractivity contribution in [2.24, 2.45) is 10.7 Å². The topological polar surface area (TPSA) is 69.7 Å². The first kappa shape index (κ1) is 13.7. The standard InChI is InChI=1S/C16H14BrN3O2/c1-9-2-3-13-11(4-9)16(8-21-7-14(18)20-16)12-5-10(17)6-19-15(12)22-13/h2-6H,7-8H2,1H3,(H2,18,20). The number of nitrogens with two attached hydrogens (primary N) is 1. The summed E-state index contributed by atoms with van der Waals surface area (Å²) < 4.78 is 12.5. The molecule has 5 nitrogen and oxygen atoms in total. The second kappa shape index (κ2) is 4.79. The molecule has 1 aromatic carbocycles. The van der Waals surface area contributed by atoms with Crippen LogP contribution in [0, 0.1) is 6.92 Å². The zero-order valence-electron chi connectivity index (χ0n) is 12.0. The lowest BCUT2D eigenvalue weighted by Crippen LogP contribution is -2.42. The van der Waals surface area contributed by atoms with Gasteiger partial charge in [0.25, 0.3) is 0 Å². The highest BCUT2D eigenvalue weighted by molar-refractivity contribution is 9.10. The predicted octanol–water partition coefficient (Wildman–Crippen LogP) is 2.89. The molecular weight excluding hydrogens is 346 g/mol. The van der Waals surface area contributed by atoms with Crippen LogP contribution in [0.1, 0.15) is 16.7 Å². The highest BCUT2D eigenvalue weighted by atomic mass is 79.9. The summed E-state index contributed by atoms with van der Waals surface area (Å²) in [5, 5.41) is 0. The number of aromatic nitrogens is 1. The monoisotopic (exact) mass is 359 g/mol. The van der Waals surface area contributed by atoms with E-state index in [9.17, 15) is 0 Å². The number of hydrogen-bond acceptors (Lipinski definition) is 5. The lowest BCUT2D eigenvalue weighted by molar-refractivity contribution is 0.109. The molecular formula is C16H14BrN3O2. The first-order valence-electron chi connectivity index (χ1n) is 6.95. The van der Waals surface area contributed by atoms with E-state index in [1.807, 2.05) is 25.1 Å². The van der Waals surface area contributed by atoms with Gasteiger partial charge in [0.2, 0.25) is 5.88 Å². The van der Waals surface area contributed by atoms with E-state index in [-0.39, 0.29) is 0 Å². The lowest BCUT2D eigenvalue weighted by Gasteiger charge is -2.38. The second-order valence-electron chi connectivity index (χ2n) is 5.56. The van der Waals surface area contributed by atoms with Crippen LogP contribution < -0.4 is 10.5 Å². The number of amidine groups is 1. The highest BCUT2D eigenvalue weighted by Gasteiger charge is 2.45. The van der Waals surface area contributed by atoms with E-state index in [1.165, 1.54) is 0 Å². The first-order valence-corrected chi connectivity index (χ1v) is 7.75. The van der Waals surface area contributed by atoms with Gasteiger partial charge < -0.3 is 15.2 Å². The minimum atomic E-state index is -0.700. The van der Waals surface area contributed by atoms with Gasteiger partial charge in [-0.15, -0.1) is 0 Å². The molecule has 0 saturated carbocycles. The highest BCUT2D eigenvalue weighted by Crippen LogP contribution is 2.49. The maximum atomic E-state index is 5.98. The fraction of sp³-hybridized carbons (Fsp3) is 0.250. The van der Waals surface area contributed by atoms with E-state index in [2.05, 4.69) is 27.0 Å². The number of pyridine rings is 1. The Hall–Kier alpha value is -1.92. The SMILES string of the molecule is Cc1ccc2c(c1)C1(COCC(N)=N1)c1cc(Br)cnc1O2. The zero-order chi connectivity index (χ0) is 15.3. The molecule has 1 unspecified atom stereocenters. The van der Waals surface area contributed by atoms with E-state index >= 15 is 0 Å². The molecule has 112 valence electrons. The van der Waals surface area contributed by atoms with Gasteiger partial charge >= 0.3 is 0 Å². The Kier molecular flexibility index (Phi) is 2.99. The molecule has 0 aliphatic carbocycles. The number of nitrogens with zero attached hydrogens (tertiary/aromatic N) is 2. The third-order valence-electron chi connectivity index (χ3n) is 3.95. The van der Waals surface area contributed by atoms with Gasteiger partial charge in [-0.1, -0.05) is 11.6 Å². The third-order valence-corrected chi connectivity index (χ3v) is 4.38. The van der Waals surface area contributed by atoms with Crippen molar-refractivity contribution >= 4 is 21.8 Å². The molecule has 2 N–H and O–H groups in total.